The maximum atomic E-state index is 14.7. The molecule has 28 heteroatoms. The lowest BCUT2D eigenvalue weighted by Crippen LogP contribution is -2.63. The fourth-order valence-corrected chi connectivity index (χ4v) is 16.6. The SMILES string of the molecule is O=S(=O)(OS(c1ccccc1)(c1ccccc1)c1ccccc1)C(F)(F)C(F)(F)C(F)(F)C(F)(F)F.O=S(=O)(OS(c1ccccc1)(c1ccccc1)c1ccccc1)C(F)(F)C(F)(F)C(F)(F)C(F)(F)F. The van der Waals surface area contributed by atoms with E-state index in [1.807, 2.05) is 0 Å². The van der Waals surface area contributed by atoms with Gasteiger partial charge in [0.15, 0.2) is 0 Å². The van der Waals surface area contributed by atoms with Gasteiger partial charge in [0.05, 0.1) is 0 Å². The Bertz CT molecular complexity index is 2580. The minimum atomic E-state index is -7.42. The zero-order valence-corrected chi connectivity index (χ0v) is 38.5. The van der Waals surface area contributed by atoms with Crippen LogP contribution in [0.25, 0.3) is 0 Å². The monoisotopic (exact) mass is 1120 g/mol. The molecule has 0 unspecified atom stereocenters. The van der Waals surface area contributed by atoms with E-state index in [9.17, 15) is 95.9 Å². The van der Waals surface area contributed by atoms with Crippen LogP contribution in [-0.2, 0) is 27.5 Å². The molecule has 0 fully saturated rings. The van der Waals surface area contributed by atoms with Crippen LogP contribution in [0.15, 0.2) is 211 Å². The Labute approximate surface area is 400 Å². The van der Waals surface area contributed by atoms with Crippen molar-refractivity contribution < 1.29 is 103 Å². The molecule has 0 aromatic heterocycles. The van der Waals surface area contributed by atoms with Crippen LogP contribution in [0.3, 0.4) is 0 Å². The molecular formula is C44H30F18O6S4. The molecule has 0 N–H and O–H groups in total. The summed E-state index contributed by atoms with van der Waals surface area (Å²) in [6.07, 6.45) is -14.4. The molecule has 72 heavy (non-hydrogen) atoms. The number of hydrogen-bond donors (Lipinski definition) is 0. The highest BCUT2D eigenvalue weighted by atomic mass is 32.3. The number of hydrogen-bond acceptors (Lipinski definition) is 6. The van der Waals surface area contributed by atoms with E-state index in [4.69, 9.17) is 7.26 Å². The van der Waals surface area contributed by atoms with E-state index >= 15 is 0 Å². The lowest BCUT2D eigenvalue weighted by atomic mass is 10.1. The fraction of sp³-hybridized carbons (Fsp3) is 0.182. The molecule has 0 bridgehead atoms. The average molecular weight is 1120 g/mol. The van der Waals surface area contributed by atoms with Gasteiger partial charge in [0, 0.05) is 29.4 Å². The van der Waals surface area contributed by atoms with E-state index in [1.54, 1.807) is 0 Å². The predicted octanol–water partition coefficient (Wildman–Crippen LogP) is 15.3. The Kier molecular flexibility index (Phi) is 16.1. The van der Waals surface area contributed by atoms with E-state index in [-0.39, 0.29) is 29.4 Å². The summed E-state index contributed by atoms with van der Waals surface area (Å²) in [7, 11) is -22.3. The van der Waals surface area contributed by atoms with E-state index in [1.165, 1.54) is 182 Å². The zero-order chi connectivity index (χ0) is 54.1. The normalized spacial score (nSPS) is 14.5. The Balaban J connectivity index is 0.000000267. The maximum Gasteiger partial charge on any atom is 0.460 e. The van der Waals surface area contributed by atoms with Crippen molar-refractivity contribution in [3.05, 3.63) is 182 Å². The largest absolute Gasteiger partial charge is 0.460 e. The number of benzene rings is 6. The van der Waals surface area contributed by atoms with Gasteiger partial charge in [-0.2, -0.15) is 95.9 Å². The van der Waals surface area contributed by atoms with E-state index in [2.05, 4.69) is 0 Å². The van der Waals surface area contributed by atoms with Crippen LogP contribution in [0.2, 0.25) is 0 Å². The highest BCUT2D eigenvalue weighted by molar-refractivity contribution is 8.33. The van der Waals surface area contributed by atoms with Gasteiger partial charge in [-0.3, -0.25) is 0 Å². The molecule has 6 rings (SSSR count). The smallest absolute Gasteiger partial charge is 0.202 e. The number of halogens is 18. The predicted molar refractivity (Wildman–Crippen MR) is 225 cm³/mol. The van der Waals surface area contributed by atoms with Crippen molar-refractivity contribution in [1.29, 1.82) is 0 Å². The van der Waals surface area contributed by atoms with Crippen LogP contribution < -0.4 is 0 Å². The molecular weight excluding hydrogens is 1090 g/mol. The van der Waals surface area contributed by atoms with Crippen molar-refractivity contribution >= 4 is 40.9 Å². The van der Waals surface area contributed by atoms with Crippen molar-refractivity contribution in [2.24, 2.45) is 0 Å². The number of alkyl halides is 18. The first kappa shape index (κ1) is 57.5. The zero-order valence-electron chi connectivity index (χ0n) is 35.2. The molecule has 0 saturated carbocycles. The Morgan fingerprint density at radius 3 is 0.542 bits per heavy atom. The summed E-state index contributed by atoms with van der Waals surface area (Å²) in [5.74, 6) is -29.7. The van der Waals surface area contributed by atoms with Gasteiger partial charge in [-0.05, 0) is 93.4 Å². The summed E-state index contributed by atoms with van der Waals surface area (Å²) >= 11 is 0. The first-order chi connectivity index (χ1) is 33.0. The highest BCUT2D eigenvalue weighted by Gasteiger charge is 2.87. The van der Waals surface area contributed by atoms with Crippen LogP contribution in [0.4, 0.5) is 79.0 Å². The molecule has 0 spiro atoms. The molecule has 0 aliphatic carbocycles. The van der Waals surface area contributed by atoms with Gasteiger partial charge in [-0.1, -0.05) is 109 Å². The molecule has 0 radical (unpaired) electrons. The number of rotatable bonds is 16. The van der Waals surface area contributed by atoms with Crippen molar-refractivity contribution in [3.8, 4) is 0 Å². The van der Waals surface area contributed by atoms with Gasteiger partial charge in [0.1, 0.15) is 0 Å². The summed E-state index contributed by atoms with van der Waals surface area (Å²) in [6, 6.07) is 39.3. The van der Waals surface area contributed by atoms with Crippen molar-refractivity contribution in [1.82, 2.24) is 0 Å². The minimum absolute atomic E-state index is 0.146. The van der Waals surface area contributed by atoms with Crippen LogP contribution in [0.1, 0.15) is 0 Å². The van der Waals surface area contributed by atoms with Crippen LogP contribution in [0, 0.1) is 0 Å². The molecule has 0 atom stereocenters. The lowest BCUT2D eigenvalue weighted by molar-refractivity contribution is -0.382. The van der Waals surface area contributed by atoms with Gasteiger partial charge in [-0.15, -0.1) is 0 Å². The lowest BCUT2D eigenvalue weighted by Gasteiger charge is -2.41. The molecule has 0 saturated heterocycles. The van der Waals surface area contributed by atoms with Crippen molar-refractivity contribution in [2.45, 2.75) is 75.9 Å². The van der Waals surface area contributed by atoms with Gasteiger partial charge in [0.25, 0.3) is 0 Å². The summed E-state index contributed by atoms with van der Waals surface area (Å²) in [5, 5.41) is -14.0. The third-order valence-corrected chi connectivity index (χ3v) is 20.1. The topological polar surface area (TPSA) is 86.7 Å². The third-order valence-electron chi connectivity index (χ3n) is 9.69. The molecule has 0 aliphatic rings. The van der Waals surface area contributed by atoms with Gasteiger partial charge in [0.2, 0.25) is 0 Å². The first-order valence-electron chi connectivity index (χ1n) is 19.3. The van der Waals surface area contributed by atoms with Crippen LogP contribution >= 0.6 is 20.6 Å². The Morgan fingerprint density at radius 1 is 0.250 bits per heavy atom. The van der Waals surface area contributed by atoms with E-state index in [0.717, 1.165) is 0 Å². The maximum absolute atomic E-state index is 14.7. The first-order valence-corrected chi connectivity index (χ1v) is 25.3. The summed E-state index contributed by atoms with van der Waals surface area (Å²) in [4.78, 5) is -0.874. The Morgan fingerprint density at radius 2 is 0.403 bits per heavy atom. The molecule has 392 valence electrons. The van der Waals surface area contributed by atoms with Crippen molar-refractivity contribution in [2.75, 3.05) is 0 Å². The summed E-state index contributed by atoms with van der Waals surface area (Å²) in [5.41, 5.74) is 0. The van der Waals surface area contributed by atoms with Crippen LogP contribution in [0.5, 0.6) is 0 Å². The van der Waals surface area contributed by atoms with Gasteiger partial charge >= 0.3 is 66.8 Å². The van der Waals surface area contributed by atoms with E-state index in [0.29, 0.717) is 0 Å². The molecule has 0 aliphatic heterocycles. The van der Waals surface area contributed by atoms with Gasteiger partial charge < -0.3 is 0 Å². The van der Waals surface area contributed by atoms with Crippen LogP contribution in [-0.4, -0.2) is 63.4 Å². The second kappa shape index (κ2) is 20.1. The molecule has 6 nitrogen and oxygen atoms in total. The quantitative estimate of drug-likeness (QED) is 0.0898. The van der Waals surface area contributed by atoms with Crippen molar-refractivity contribution in [3.63, 3.8) is 0 Å². The van der Waals surface area contributed by atoms with Gasteiger partial charge in [-0.25, -0.2) is 7.26 Å². The molecule has 0 heterocycles. The second-order valence-electron chi connectivity index (χ2n) is 14.4. The third kappa shape index (κ3) is 9.88. The summed E-state index contributed by atoms with van der Waals surface area (Å²) in [6.45, 7) is 0. The highest BCUT2D eigenvalue weighted by Crippen LogP contribution is 2.73. The fourth-order valence-electron chi connectivity index (χ4n) is 6.11. The second-order valence-corrected chi connectivity index (χ2v) is 23.3. The standard InChI is InChI=1S/2C22H15F9O3S2/c2*23-19(24,21(27,28)29)20(25,26)22(30,31)36(32,33)34-35(16-10-4-1-5-11-16,17-12-6-2-7-13-17)18-14-8-3-9-15-18/h2*1-15H. The van der Waals surface area contributed by atoms with E-state index < -0.39 is 87.4 Å². The minimum Gasteiger partial charge on any atom is -0.202 e. The molecule has 6 aromatic carbocycles. The molecule has 0 amide bonds. The Hall–Kier alpha value is -5.42. The summed E-state index contributed by atoms with van der Waals surface area (Å²) < 4.78 is 305. The molecule has 6 aromatic rings. The average Bonchev–Trinajstić information content (AvgIpc) is 3.33.